The molecule has 2 heterocycles. The molecule has 1 unspecified atom stereocenters. The van der Waals surface area contributed by atoms with Crippen LogP contribution in [0.15, 0.2) is 65.3 Å². The largest absolute Gasteiger partial charge is 0.467 e. The number of carbonyl (C=O) groups is 1. The molecule has 134 valence electrons. The minimum Gasteiger partial charge on any atom is -0.467 e. The summed E-state index contributed by atoms with van der Waals surface area (Å²) in [7, 11) is 0. The monoisotopic (exact) mass is 350 g/mol. The third kappa shape index (κ3) is 3.73. The summed E-state index contributed by atoms with van der Waals surface area (Å²) in [6.45, 7) is 1.74. The molecular weight excluding hydrogens is 328 g/mol. The number of benzene rings is 2. The molecule has 0 aliphatic carbocycles. The van der Waals surface area contributed by atoms with E-state index in [1.54, 1.807) is 11.2 Å². The van der Waals surface area contributed by atoms with E-state index in [1.807, 2.05) is 54.6 Å². The number of hydrogen-bond donors (Lipinski definition) is 1. The van der Waals surface area contributed by atoms with Crippen molar-refractivity contribution in [3.8, 4) is 0 Å². The average molecular weight is 350 g/mol. The molecule has 2 aromatic carbocycles. The molecule has 1 N–H and O–H groups in total. The van der Waals surface area contributed by atoms with Gasteiger partial charge >= 0.3 is 6.03 Å². The van der Waals surface area contributed by atoms with Gasteiger partial charge in [0.25, 0.3) is 0 Å². The highest BCUT2D eigenvalue weighted by molar-refractivity contribution is 6.01. The lowest BCUT2D eigenvalue weighted by Gasteiger charge is -2.25. The summed E-state index contributed by atoms with van der Waals surface area (Å²) in [6.07, 6.45) is 3.74. The molecule has 0 radical (unpaired) electrons. The lowest BCUT2D eigenvalue weighted by atomic mass is 10.1. The maximum atomic E-state index is 13.0. The van der Waals surface area contributed by atoms with E-state index in [-0.39, 0.29) is 12.1 Å². The Morgan fingerprint density at radius 3 is 2.81 bits per heavy atom. The van der Waals surface area contributed by atoms with Crippen LogP contribution in [0.4, 0.5) is 10.5 Å². The van der Waals surface area contributed by atoms with Crippen LogP contribution in [0.2, 0.25) is 0 Å². The first-order chi connectivity index (χ1) is 12.8. The van der Waals surface area contributed by atoms with Crippen LogP contribution >= 0.6 is 0 Å². The van der Waals surface area contributed by atoms with Gasteiger partial charge in [-0.3, -0.25) is 0 Å². The lowest BCUT2D eigenvalue weighted by Crippen LogP contribution is -2.39. The Hall–Kier alpha value is -2.79. The van der Waals surface area contributed by atoms with Gasteiger partial charge in [0, 0.05) is 18.5 Å². The van der Waals surface area contributed by atoms with Crippen molar-refractivity contribution in [2.75, 3.05) is 18.5 Å². The van der Waals surface area contributed by atoms with Crippen LogP contribution in [0.1, 0.15) is 18.6 Å². The minimum atomic E-state index is -0.145. The van der Waals surface area contributed by atoms with E-state index in [2.05, 4.69) is 5.32 Å². The molecule has 4 rings (SSSR count). The molecule has 3 aromatic rings. The Bertz CT molecular complexity index is 865. The third-order valence-electron chi connectivity index (χ3n) is 4.69. The molecule has 1 fully saturated rings. The molecule has 1 aliphatic rings. The number of amides is 2. The molecule has 2 amide bonds. The van der Waals surface area contributed by atoms with Crippen LogP contribution in [0.25, 0.3) is 10.8 Å². The summed E-state index contributed by atoms with van der Waals surface area (Å²) in [5, 5.41) is 5.19. The Balaban J connectivity index is 1.54. The number of nitrogens with zero attached hydrogens (tertiary/aromatic N) is 1. The predicted molar refractivity (Wildman–Crippen MR) is 101 cm³/mol. The predicted octanol–water partition coefficient (Wildman–Crippen LogP) is 4.65. The zero-order valence-corrected chi connectivity index (χ0v) is 14.6. The van der Waals surface area contributed by atoms with E-state index in [1.165, 1.54) is 0 Å². The zero-order valence-electron chi connectivity index (χ0n) is 14.6. The second-order valence-electron chi connectivity index (χ2n) is 6.55. The van der Waals surface area contributed by atoms with Gasteiger partial charge in [-0.1, -0.05) is 36.4 Å². The molecule has 1 aromatic heterocycles. The Labute approximate surface area is 152 Å². The number of fused-ring (bicyclic) bond motifs is 1. The first-order valence-electron chi connectivity index (χ1n) is 8.97. The van der Waals surface area contributed by atoms with Crippen LogP contribution in [-0.4, -0.2) is 30.2 Å². The molecule has 5 heteroatoms. The Morgan fingerprint density at radius 1 is 1.12 bits per heavy atom. The van der Waals surface area contributed by atoms with Gasteiger partial charge in [-0.2, -0.15) is 0 Å². The van der Waals surface area contributed by atoms with Gasteiger partial charge in [-0.25, -0.2) is 4.79 Å². The molecule has 1 atom stereocenters. The van der Waals surface area contributed by atoms with Crippen molar-refractivity contribution in [1.82, 2.24) is 4.90 Å². The second kappa shape index (κ2) is 7.62. The summed E-state index contributed by atoms with van der Waals surface area (Å²) in [6, 6.07) is 17.5. The normalized spacial score (nSPS) is 16.7. The van der Waals surface area contributed by atoms with Crippen molar-refractivity contribution in [3.63, 3.8) is 0 Å². The van der Waals surface area contributed by atoms with Crippen LogP contribution in [0.5, 0.6) is 0 Å². The van der Waals surface area contributed by atoms with Crippen molar-refractivity contribution in [2.45, 2.75) is 25.5 Å². The van der Waals surface area contributed by atoms with Gasteiger partial charge in [0.2, 0.25) is 0 Å². The second-order valence-corrected chi connectivity index (χ2v) is 6.55. The lowest BCUT2D eigenvalue weighted by molar-refractivity contribution is 0.0803. The maximum absolute atomic E-state index is 13.0. The molecule has 5 nitrogen and oxygen atoms in total. The van der Waals surface area contributed by atoms with Crippen molar-refractivity contribution in [1.29, 1.82) is 0 Å². The number of carbonyl (C=O) groups excluding carboxylic acids is 1. The number of rotatable bonds is 5. The van der Waals surface area contributed by atoms with Crippen LogP contribution < -0.4 is 5.32 Å². The molecule has 0 bridgehead atoms. The topological polar surface area (TPSA) is 54.7 Å². The molecule has 1 saturated heterocycles. The number of furan rings is 1. The van der Waals surface area contributed by atoms with Gasteiger partial charge in [0.05, 0.1) is 24.6 Å². The van der Waals surface area contributed by atoms with Gasteiger partial charge in [0.15, 0.2) is 0 Å². The quantitative estimate of drug-likeness (QED) is 0.729. The number of hydrogen-bond acceptors (Lipinski definition) is 3. The maximum Gasteiger partial charge on any atom is 0.322 e. The number of urea groups is 1. The van der Waals surface area contributed by atoms with Crippen molar-refractivity contribution < 1.29 is 13.9 Å². The molecule has 26 heavy (non-hydrogen) atoms. The average Bonchev–Trinajstić information content (AvgIpc) is 3.35. The summed E-state index contributed by atoms with van der Waals surface area (Å²) < 4.78 is 11.2. The highest BCUT2D eigenvalue weighted by atomic mass is 16.5. The van der Waals surface area contributed by atoms with Crippen molar-refractivity contribution in [3.05, 3.63) is 66.6 Å². The van der Waals surface area contributed by atoms with Crippen LogP contribution in [0, 0.1) is 0 Å². The SMILES string of the molecule is O=C(Nc1cccc2ccccc12)N(Cc1ccco1)CC1CCCO1. The fourth-order valence-corrected chi connectivity index (χ4v) is 3.37. The number of ether oxygens (including phenoxy) is 1. The molecule has 0 spiro atoms. The third-order valence-corrected chi connectivity index (χ3v) is 4.69. The standard InChI is InChI=1S/C21H22N2O3/c24-21(22-20-11-3-7-16-6-1-2-10-19(16)20)23(14-17-8-4-12-25-17)15-18-9-5-13-26-18/h1-4,6-8,10-12,18H,5,9,13-15H2,(H,22,24). The first kappa shape index (κ1) is 16.7. The van der Waals surface area contributed by atoms with E-state index in [0.29, 0.717) is 13.1 Å². The van der Waals surface area contributed by atoms with Crippen LogP contribution in [-0.2, 0) is 11.3 Å². The fourth-order valence-electron chi connectivity index (χ4n) is 3.37. The number of anilines is 1. The molecule has 0 saturated carbocycles. The Kier molecular flexibility index (Phi) is 4.88. The van der Waals surface area contributed by atoms with Crippen molar-refractivity contribution in [2.24, 2.45) is 0 Å². The zero-order chi connectivity index (χ0) is 17.8. The van der Waals surface area contributed by atoms with Crippen LogP contribution in [0.3, 0.4) is 0 Å². The van der Waals surface area contributed by atoms with Crippen molar-refractivity contribution >= 4 is 22.5 Å². The van der Waals surface area contributed by atoms with E-state index in [4.69, 9.17) is 9.15 Å². The summed E-state index contributed by atoms with van der Waals surface area (Å²) in [4.78, 5) is 14.7. The van der Waals surface area contributed by atoms with E-state index in [0.717, 1.165) is 41.7 Å². The molecular formula is C21H22N2O3. The van der Waals surface area contributed by atoms with Gasteiger partial charge in [0.1, 0.15) is 5.76 Å². The smallest absolute Gasteiger partial charge is 0.322 e. The van der Waals surface area contributed by atoms with E-state index >= 15 is 0 Å². The highest BCUT2D eigenvalue weighted by Gasteiger charge is 2.24. The van der Waals surface area contributed by atoms with Gasteiger partial charge in [-0.15, -0.1) is 0 Å². The summed E-state index contributed by atoms with van der Waals surface area (Å²) in [5.41, 5.74) is 0.810. The number of nitrogens with one attached hydrogen (secondary N) is 1. The first-order valence-corrected chi connectivity index (χ1v) is 8.97. The van der Waals surface area contributed by atoms with Gasteiger partial charge < -0.3 is 19.4 Å². The minimum absolute atomic E-state index is 0.0863. The van der Waals surface area contributed by atoms with E-state index < -0.39 is 0 Å². The fraction of sp³-hybridized carbons (Fsp3) is 0.286. The van der Waals surface area contributed by atoms with E-state index in [9.17, 15) is 4.79 Å². The highest BCUT2D eigenvalue weighted by Crippen LogP contribution is 2.24. The summed E-state index contributed by atoms with van der Waals surface area (Å²) in [5.74, 6) is 0.760. The Morgan fingerprint density at radius 2 is 2.00 bits per heavy atom. The summed E-state index contributed by atoms with van der Waals surface area (Å²) >= 11 is 0. The molecule has 1 aliphatic heterocycles. The van der Waals surface area contributed by atoms with Gasteiger partial charge in [-0.05, 0) is 36.4 Å².